The van der Waals surface area contributed by atoms with Crippen molar-refractivity contribution in [1.82, 2.24) is 24.7 Å². The molecule has 11 nitrogen and oxygen atoms in total. The van der Waals surface area contributed by atoms with Gasteiger partial charge in [0.25, 0.3) is 0 Å². The maximum Gasteiger partial charge on any atom is 0.324 e. The van der Waals surface area contributed by atoms with E-state index in [4.69, 9.17) is 4.74 Å². The highest BCUT2D eigenvalue weighted by atomic mass is 32.1. The number of hydrogen-bond donors (Lipinski definition) is 2. The Morgan fingerprint density at radius 3 is 2.42 bits per heavy atom. The molecule has 1 aliphatic rings. The highest BCUT2D eigenvalue weighted by molar-refractivity contribution is 7.19. The van der Waals surface area contributed by atoms with Crippen LogP contribution in [0.15, 0.2) is 67.1 Å². The van der Waals surface area contributed by atoms with Gasteiger partial charge in [-0.3, -0.25) is 15.0 Å². The van der Waals surface area contributed by atoms with Gasteiger partial charge in [-0.25, -0.2) is 28.8 Å². The minimum absolute atomic E-state index is 0.101. The number of nitrogens with one attached hydrogen (secondary N) is 2. The van der Waals surface area contributed by atoms with E-state index < -0.39 is 11.8 Å². The van der Waals surface area contributed by atoms with Crippen LogP contribution in [0, 0.1) is 12.7 Å². The van der Waals surface area contributed by atoms with Gasteiger partial charge in [-0.1, -0.05) is 38.2 Å². The number of thiazole rings is 1. The van der Waals surface area contributed by atoms with Crippen LogP contribution in [0.3, 0.4) is 0 Å². The van der Waals surface area contributed by atoms with E-state index in [9.17, 15) is 14.0 Å². The summed E-state index contributed by atoms with van der Waals surface area (Å²) < 4.78 is 22.0. The summed E-state index contributed by atoms with van der Waals surface area (Å²) in [6, 6.07) is 13.5. The number of benzene rings is 2. The van der Waals surface area contributed by atoms with Crippen molar-refractivity contribution in [2.45, 2.75) is 46.0 Å². The second-order valence-electron chi connectivity index (χ2n) is 11.6. The van der Waals surface area contributed by atoms with Gasteiger partial charge in [0.1, 0.15) is 23.1 Å². The lowest BCUT2D eigenvalue weighted by Crippen LogP contribution is -2.23. The third-order valence-electron chi connectivity index (χ3n) is 7.08. The topological polar surface area (TPSA) is 127 Å². The molecule has 230 valence electrons. The second-order valence-corrected chi connectivity index (χ2v) is 12.7. The molecule has 0 unspecified atom stereocenters. The first kappa shape index (κ1) is 29.9. The highest BCUT2D eigenvalue weighted by Crippen LogP contribution is 2.34. The molecule has 4 heterocycles. The first-order valence-corrected chi connectivity index (χ1v) is 15.2. The van der Waals surface area contributed by atoms with E-state index in [2.05, 4.69) is 30.7 Å². The molecule has 3 amide bonds. The molecule has 0 saturated carbocycles. The number of ether oxygens (including phenoxy) is 1. The van der Waals surface area contributed by atoms with Crippen molar-refractivity contribution in [2.24, 2.45) is 0 Å². The molecule has 1 aliphatic heterocycles. The van der Waals surface area contributed by atoms with Crippen LogP contribution in [-0.2, 0) is 10.2 Å². The number of nitrogens with zero attached hydrogens (tertiary/aromatic N) is 6. The van der Waals surface area contributed by atoms with Crippen LogP contribution >= 0.6 is 11.3 Å². The lowest BCUT2D eigenvalue weighted by atomic mass is 9.92. The van der Waals surface area contributed by atoms with Crippen LogP contribution in [0.4, 0.5) is 25.8 Å². The fourth-order valence-electron chi connectivity index (χ4n) is 4.68. The van der Waals surface area contributed by atoms with Crippen LogP contribution in [0.5, 0.6) is 11.8 Å². The molecule has 3 aromatic heterocycles. The molecule has 6 rings (SSSR count). The fourth-order valence-corrected chi connectivity index (χ4v) is 5.65. The van der Waals surface area contributed by atoms with Gasteiger partial charge in [0.15, 0.2) is 5.13 Å². The molecule has 0 atom stereocenters. The third kappa shape index (κ3) is 6.68. The number of hydrogen-bond acceptors (Lipinski definition) is 8. The number of anilines is 3. The highest BCUT2D eigenvalue weighted by Gasteiger charge is 2.25. The molecule has 0 bridgehead atoms. The van der Waals surface area contributed by atoms with Gasteiger partial charge in [0.05, 0.1) is 28.7 Å². The Bertz CT molecular complexity index is 1860. The maximum atomic E-state index is 14.8. The summed E-state index contributed by atoms with van der Waals surface area (Å²) in [7, 11) is 0. The van der Waals surface area contributed by atoms with E-state index in [1.807, 2.05) is 32.9 Å². The minimum Gasteiger partial charge on any atom is -0.424 e. The van der Waals surface area contributed by atoms with Gasteiger partial charge in [-0.2, -0.15) is 5.10 Å². The molecule has 13 heteroatoms. The Kier molecular flexibility index (Phi) is 8.02. The smallest absolute Gasteiger partial charge is 0.324 e. The minimum atomic E-state index is -0.572. The SMILES string of the molecule is Cc1ccc(-n2nc(C(C)(C)C)cc2NC(=O)Nc2cnc(Oc3ccc(-c4cnc(N5CCCC5=O)s4)cc3)nc2)c(F)c1. The summed E-state index contributed by atoms with van der Waals surface area (Å²) in [6.45, 7) is 8.47. The van der Waals surface area contributed by atoms with Crippen molar-refractivity contribution in [3.8, 4) is 27.9 Å². The zero-order valence-electron chi connectivity index (χ0n) is 25.2. The summed E-state index contributed by atoms with van der Waals surface area (Å²) in [4.78, 5) is 40.4. The average molecular weight is 627 g/mol. The molecule has 0 spiro atoms. The van der Waals surface area contributed by atoms with E-state index in [0.717, 1.165) is 22.4 Å². The van der Waals surface area contributed by atoms with Crippen molar-refractivity contribution < 1.29 is 18.7 Å². The molecule has 0 radical (unpaired) electrons. The van der Waals surface area contributed by atoms with E-state index in [0.29, 0.717) is 41.0 Å². The van der Waals surface area contributed by atoms with Gasteiger partial charge in [-0.05, 0) is 60.9 Å². The Morgan fingerprint density at radius 2 is 1.76 bits per heavy atom. The molecule has 2 N–H and O–H groups in total. The van der Waals surface area contributed by atoms with Gasteiger partial charge in [0, 0.05) is 30.6 Å². The molecule has 1 saturated heterocycles. The number of amides is 3. The standard InChI is InChI=1S/C32H31FN8O3S/c1-19-7-12-24(23(33)14-19)41-27(15-26(39-41)32(2,3)4)38-29(43)37-21-16-34-30(35-17-21)44-22-10-8-20(9-11-22)25-18-36-31(45-25)40-13-5-6-28(40)42/h7-12,14-18H,5-6,13H2,1-4H3,(H2,37,38,43). The number of aromatic nitrogens is 5. The number of carbonyl (C=O) groups excluding carboxylic acids is 2. The average Bonchev–Trinajstić information content (AvgIpc) is 3.75. The molecule has 5 aromatic rings. The summed E-state index contributed by atoms with van der Waals surface area (Å²) in [5.74, 6) is 0.499. The lowest BCUT2D eigenvalue weighted by Gasteiger charge is -2.14. The molecule has 0 aliphatic carbocycles. The van der Waals surface area contributed by atoms with E-state index in [1.54, 1.807) is 48.4 Å². The van der Waals surface area contributed by atoms with Crippen molar-refractivity contribution in [2.75, 3.05) is 22.1 Å². The van der Waals surface area contributed by atoms with Crippen molar-refractivity contribution in [1.29, 1.82) is 0 Å². The van der Waals surface area contributed by atoms with Crippen molar-refractivity contribution in [3.63, 3.8) is 0 Å². The number of rotatable bonds is 7. The van der Waals surface area contributed by atoms with Crippen LogP contribution < -0.4 is 20.3 Å². The predicted molar refractivity (Wildman–Crippen MR) is 171 cm³/mol. The number of urea groups is 1. The lowest BCUT2D eigenvalue weighted by molar-refractivity contribution is -0.117. The Labute approximate surface area is 263 Å². The normalized spacial score (nSPS) is 13.3. The van der Waals surface area contributed by atoms with Gasteiger partial charge < -0.3 is 10.1 Å². The summed E-state index contributed by atoms with van der Waals surface area (Å²) in [5, 5.41) is 10.7. The first-order valence-electron chi connectivity index (χ1n) is 14.3. The second kappa shape index (κ2) is 12.1. The van der Waals surface area contributed by atoms with Crippen LogP contribution in [0.1, 0.15) is 44.9 Å². The monoisotopic (exact) mass is 626 g/mol. The van der Waals surface area contributed by atoms with E-state index >= 15 is 0 Å². The quantitative estimate of drug-likeness (QED) is 0.197. The summed E-state index contributed by atoms with van der Waals surface area (Å²) in [5.41, 5.74) is 2.63. The van der Waals surface area contributed by atoms with E-state index in [-0.39, 0.29) is 23.0 Å². The maximum absolute atomic E-state index is 14.8. The van der Waals surface area contributed by atoms with E-state index in [1.165, 1.54) is 34.5 Å². The fraction of sp³-hybridized carbons (Fsp3) is 0.250. The first-order chi connectivity index (χ1) is 21.5. The van der Waals surface area contributed by atoms with Crippen molar-refractivity contribution in [3.05, 3.63) is 84.2 Å². The molecular formula is C32H31FN8O3S. The van der Waals surface area contributed by atoms with Gasteiger partial charge >= 0.3 is 12.0 Å². The van der Waals surface area contributed by atoms with Gasteiger partial charge in [-0.15, -0.1) is 0 Å². The number of halogens is 1. The Morgan fingerprint density at radius 1 is 1.00 bits per heavy atom. The Balaban J connectivity index is 1.09. The zero-order chi connectivity index (χ0) is 31.7. The largest absolute Gasteiger partial charge is 0.424 e. The summed E-state index contributed by atoms with van der Waals surface area (Å²) in [6.07, 6.45) is 6.03. The summed E-state index contributed by atoms with van der Waals surface area (Å²) >= 11 is 1.47. The molecular weight excluding hydrogens is 595 g/mol. The van der Waals surface area contributed by atoms with Crippen LogP contribution in [-0.4, -0.2) is 43.2 Å². The predicted octanol–water partition coefficient (Wildman–Crippen LogP) is 7.09. The van der Waals surface area contributed by atoms with Crippen molar-refractivity contribution >= 4 is 39.9 Å². The number of aryl methyl sites for hydroxylation is 1. The van der Waals surface area contributed by atoms with Gasteiger partial charge in [0.2, 0.25) is 5.91 Å². The molecule has 2 aromatic carbocycles. The Hall–Kier alpha value is -5.17. The van der Waals surface area contributed by atoms with Crippen LogP contribution in [0.25, 0.3) is 16.1 Å². The number of carbonyl (C=O) groups is 2. The molecule has 45 heavy (non-hydrogen) atoms. The third-order valence-corrected chi connectivity index (χ3v) is 8.15. The van der Waals surface area contributed by atoms with Crippen LogP contribution in [0.2, 0.25) is 0 Å². The molecule has 1 fully saturated rings. The zero-order valence-corrected chi connectivity index (χ0v) is 26.0.